The fourth-order valence-electron chi connectivity index (χ4n) is 4.11. The van der Waals surface area contributed by atoms with Gasteiger partial charge in [0.2, 0.25) is 11.8 Å². The van der Waals surface area contributed by atoms with Crippen molar-refractivity contribution < 1.29 is 22.7 Å². The summed E-state index contributed by atoms with van der Waals surface area (Å²) >= 11 is 3.36. The van der Waals surface area contributed by atoms with Crippen molar-refractivity contribution in [3.05, 3.63) is 87.9 Å². The summed E-state index contributed by atoms with van der Waals surface area (Å²) in [7, 11) is -2.70. The molecule has 0 aromatic heterocycles. The second-order valence-electron chi connectivity index (χ2n) is 10.1. The Balaban J connectivity index is 2.04. The fraction of sp³-hybridized carbons (Fsp3) is 0.355. The number of halogens is 1. The van der Waals surface area contributed by atoms with Gasteiger partial charge in [0.25, 0.3) is 10.0 Å². The molecule has 10 heteroatoms. The van der Waals surface area contributed by atoms with Gasteiger partial charge in [-0.15, -0.1) is 0 Å². The normalized spacial score (nSPS) is 12.8. The number of methoxy groups -OCH3 is 1. The third kappa shape index (κ3) is 8.10. The molecule has 0 aliphatic carbocycles. The van der Waals surface area contributed by atoms with Crippen molar-refractivity contribution >= 4 is 43.5 Å². The molecule has 0 bridgehead atoms. The molecule has 3 rings (SSSR count). The summed E-state index contributed by atoms with van der Waals surface area (Å²) in [6.45, 7) is 9.04. The number of anilines is 1. The second kappa shape index (κ2) is 14.0. The van der Waals surface area contributed by atoms with Gasteiger partial charge in [-0.05, 0) is 85.9 Å². The molecule has 41 heavy (non-hydrogen) atoms. The van der Waals surface area contributed by atoms with E-state index in [1.807, 2.05) is 52.0 Å². The molecule has 0 saturated carbocycles. The minimum absolute atomic E-state index is 0.00815. The summed E-state index contributed by atoms with van der Waals surface area (Å²) in [4.78, 5) is 28.6. The van der Waals surface area contributed by atoms with Crippen molar-refractivity contribution in [3.63, 3.8) is 0 Å². The number of nitrogens with one attached hydrogen (secondary N) is 1. The minimum Gasteiger partial charge on any atom is -0.496 e. The Morgan fingerprint density at radius 1 is 0.951 bits per heavy atom. The van der Waals surface area contributed by atoms with E-state index in [0.717, 1.165) is 27.4 Å². The zero-order valence-corrected chi connectivity index (χ0v) is 26.8. The average Bonchev–Trinajstić information content (AvgIpc) is 2.95. The van der Waals surface area contributed by atoms with Crippen LogP contribution in [0.15, 0.2) is 76.1 Å². The van der Waals surface area contributed by atoms with Crippen LogP contribution in [0.4, 0.5) is 5.69 Å². The van der Waals surface area contributed by atoms with Crippen molar-refractivity contribution in [1.29, 1.82) is 0 Å². The van der Waals surface area contributed by atoms with Crippen LogP contribution in [0.2, 0.25) is 0 Å². The van der Waals surface area contributed by atoms with Crippen molar-refractivity contribution in [3.8, 4) is 5.75 Å². The summed E-state index contributed by atoms with van der Waals surface area (Å²) < 4.78 is 34.9. The molecule has 0 aliphatic rings. The number of benzene rings is 3. The second-order valence-corrected chi connectivity index (χ2v) is 12.9. The molecular weight excluding hydrogens is 606 g/mol. The molecule has 220 valence electrons. The minimum atomic E-state index is -4.19. The van der Waals surface area contributed by atoms with Gasteiger partial charge in [0.05, 0.1) is 22.2 Å². The Bertz CT molecular complexity index is 1460. The third-order valence-corrected chi connectivity index (χ3v) is 9.34. The molecule has 1 N–H and O–H groups in total. The highest BCUT2D eigenvalue weighted by Crippen LogP contribution is 2.31. The van der Waals surface area contributed by atoms with Gasteiger partial charge in [-0.2, -0.15) is 0 Å². The molecule has 0 spiro atoms. The molecule has 0 aliphatic heterocycles. The molecule has 0 unspecified atom stereocenters. The zero-order chi connectivity index (χ0) is 30.3. The molecule has 3 aromatic carbocycles. The van der Waals surface area contributed by atoms with Crippen LogP contribution < -0.4 is 14.4 Å². The highest BCUT2D eigenvalue weighted by Gasteiger charge is 2.33. The fourth-order valence-corrected chi connectivity index (χ4v) is 6.25. The smallest absolute Gasteiger partial charge is 0.264 e. The maximum absolute atomic E-state index is 14.0. The summed E-state index contributed by atoms with van der Waals surface area (Å²) in [5.41, 5.74) is 3.18. The first-order valence-electron chi connectivity index (χ1n) is 13.5. The van der Waals surface area contributed by atoms with Gasteiger partial charge in [0, 0.05) is 12.6 Å². The van der Waals surface area contributed by atoms with Crippen molar-refractivity contribution in [2.24, 2.45) is 0 Å². The van der Waals surface area contributed by atoms with Gasteiger partial charge in [-0.3, -0.25) is 13.9 Å². The Hall–Kier alpha value is -3.37. The average molecular weight is 645 g/mol. The lowest BCUT2D eigenvalue weighted by atomic mass is 10.1. The highest BCUT2D eigenvalue weighted by molar-refractivity contribution is 9.10. The summed E-state index contributed by atoms with van der Waals surface area (Å²) in [5.74, 6) is -0.329. The lowest BCUT2D eigenvalue weighted by Crippen LogP contribution is -2.52. The number of carbonyl (C=O) groups excluding carboxylic acids is 2. The number of rotatable bonds is 12. The van der Waals surface area contributed by atoms with Gasteiger partial charge >= 0.3 is 0 Å². The Labute approximate surface area is 251 Å². The van der Waals surface area contributed by atoms with Crippen molar-refractivity contribution in [1.82, 2.24) is 10.2 Å². The van der Waals surface area contributed by atoms with Gasteiger partial charge in [0.15, 0.2) is 0 Å². The molecule has 8 nitrogen and oxygen atoms in total. The largest absolute Gasteiger partial charge is 0.496 e. The third-order valence-electron chi connectivity index (χ3n) is 6.95. The number of amides is 2. The zero-order valence-electron chi connectivity index (χ0n) is 24.3. The molecular formula is C31H38BrN3O5S. The van der Waals surface area contributed by atoms with Crippen LogP contribution in [-0.4, -0.2) is 50.9 Å². The lowest BCUT2D eigenvalue weighted by Gasteiger charge is -2.32. The predicted octanol–water partition coefficient (Wildman–Crippen LogP) is 5.60. The van der Waals surface area contributed by atoms with Gasteiger partial charge < -0.3 is 15.0 Å². The first kappa shape index (κ1) is 32.1. The first-order valence-corrected chi connectivity index (χ1v) is 15.7. The monoisotopic (exact) mass is 643 g/mol. The summed E-state index contributed by atoms with van der Waals surface area (Å²) in [6, 6.07) is 18.1. The number of hydrogen-bond acceptors (Lipinski definition) is 5. The predicted molar refractivity (Wildman–Crippen MR) is 165 cm³/mol. The van der Waals surface area contributed by atoms with Crippen LogP contribution in [0.5, 0.6) is 5.75 Å². The number of ether oxygens (including phenoxy) is 1. The topological polar surface area (TPSA) is 96.0 Å². The standard InChI is InChI=1S/C31H38BrN3O5S/c1-7-23(4)33-31(37)24(5)34(19-25-12-8-21(2)9-13-25)30(36)20-35(26-14-10-22(3)11-15-26)41(38,39)27-16-17-29(40-6)28(32)18-27/h8-18,23-24H,7,19-20H2,1-6H3,(H,33,37)/t23-,24+/m1/s1. The quantitative estimate of drug-likeness (QED) is 0.277. The maximum atomic E-state index is 14.0. The van der Waals surface area contributed by atoms with Crippen LogP contribution in [0.3, 0.4) is 0 Å². The SMILES string of the molecule is CC[C@@H](C)NC(=O)[C@H](C)N(Cc1ccc(C)cc1)C(=O)CN(c1ccc(C)cc1)S(=O)(=O)c1ccc(OC)c(Br)c1. The van der Waals surface area contributed by atoms with Crippen molar-refractivity contribution in [2.45, 2.75) is 64.6 Å². The summed E-state index contributed by atoms with van der Waals surface area (Å²) in [5, 5.41) is 2.94. The Kier molecular flexibility index (Phi) is 11.0. The molecule has 0 fully saturated rings. The van der Waals surface area contributed by atoms with E-state index in [9.17, 15) is 18.0 Å². The highest BCUT2D eigenvalue weighted by atomic mass is 79.9. The van der Waals surface area contributed by atoms with E-state index in [-0.39, 0.29) is 23.4 Å². The lowest BCUT2D eigenvalue weighted by molar-refractivity contribution is -0.139. The van der Waals surface area contributed by atoms with E-state index in [4.69, 9.17) is 4.74 Å². The molecule has 2 atom stereocenters. The van der Waals surface area contributed by atoms with Crippen LogP contribution in [0, 0.1) is 13.8 Å². The first-order chi connectivity index (χ1) is 19.4. The number of sulfonamides is 1. The molecule has 3 aromatic rings. The van der Waals surface area contributed by atoms with E-state index in [1.165, 1.54) is 24.1 Å². The van der Waals surface area contributed by atoms with E-state index >= 15 is 0 Å². The van der Waals surface area contributed by atoms with E-state index < -0.39 is 28.5 Å². The Morgan fingerprint density at radius 3 is 2.07 bits per heavy atom. The number of nitrogens with zero attached hydrogens (tertiary/aromatic N) is 2. The van der Waals surface area contributed by atoms with Crippen molar-refractivity contribution in [2.75, 3.05) is 18.0 Å². The molecule has 0 saturated heterocycles. The van der Waals surface area contributed by atoms with Gasteiger partial charge in [0.1, 0.15) is 18.3 Å². The van der Waals surface area contributed by atoms with E-state index in [2.05, 4.69) is 21.2 Å². The van der Waals surface area contributed by atoms with E-state index in [1.54, 1.807) is 37.3 Å². The molecule has 2 amide bonds. The van der Waals surface area contributed by atoms with Crippen LogP contribution in [0.1, 0.15) is 43.9 Å². The summed E-state index contributed by atoms with van der Waals surface area (Å²) in [6.07, 6.45) is 0.737. The number of carbonyl (C=O) groups is 2. The molecule has 0 heterocycles. The van der Waals surface area contributed by atoms with Gasteiger partial charge in [-0.25, -0.2) is 8.42 Å². The molecule has 0 radical (unpaired) electrons. The number of hydrogen-bond donors (Lipinski definition) is 1. The van der Waals surface area contributed by atoms with Crippen LogP contribution in [-0.2, 0) is 26.2 Å². The van der Waals surface area contributed by atoms with Gasteiger partial charge in [-0.1, -0.05) is 54.4 Å². The van der Waals surface area contributed by atoms with E-state index in [0.29, 0.717) is 15.9 Å². The van der Waals surface area contributed by atoms with Crippen LogP contribution >= 0.6 is 15.9 Å². The number of aryl methyl sites for hydroxylation is 2. The van der Waals surface area contributed by atoms with Crippen LogP contribution in [0.25, 0.3) is 0 Å². The Morgan fingerprint density at radius 2 is 1.54 bits per heavy atom. The maximum Gasteiger partial charge on any atom is 0.264 e.